The number of benzene rings is 1. The third-order valence-corrected chi connectivity index (χ3v) is 6.33. The van der Waals surface area contributed by atoms with Crippen LogP contribution in [0.5, 0.6) is 0 Å². The summed E-state index contributed by atoms with van der Waals surface area (Å²) < 4.78 is 2.01. The summed E-state index contributed by atoms with van der Waals surface area (Å²) >= 11 is 0. The van der Waals surface area contributed by atoms with Gasteiger partial charge < -0.3 is 26.7 Å². The van der Waals surface area contributed by atoms with Crippen LogP contribution in [0.25, 0.3) is 11.6 Å². The van der Waals surface area contributed by atoms with Gasteiger partial charge in [-0.3, -0.25) is 4.99 Å². The van der Waals surface area contributed by atoms with E-state index < -0.39 is 0 Å². The number of hydrogen-bond acceptors (Lipinski definition) is 4. The average molecular weight is 466 g/mol. The fraction of sp³-hybridized carbons (Fsp3) is 0.556. The Morgan fingerprint density at radius 1 is 0.794 bits per heavy atom. The Morgan fingerprint density at radius 3 is 2.03 bits per heavy atom. The molecule has 1 aromatic heterocycles. The van der Waals surface area contributed by atoms with E-state index in [1.165, 1.54) is 76.2 Å². The number of nitrogens with two attached hydrogens (primary N) is 2. The van der Waals surface area contributed by atoms with Crippen molar-refractivity contribution in [3.8, 4) is 0 Å². The number of guanidine groups is 1. The van der Waals surface area contributed by atoms with E-state index in [2.05, 4.69) is 39.7 Å². The number of fused-ring (bicyclic) bond motifs is 1. The van der Waals surface area contributed by atoms with Crippen molar-refractivity contribution in [2.45, 2.75) is 90.5 Å². The van der Waals surface area contributed by atoms with Gasteiger partial charge in [-0.2, -0.15) is 0 Å². The first-order valence-electron chi connectivity index (χ1n) is 13.1. The Labute approximate surface area is 204 Å². The normalized spacial score (nSPS) is 14.6. The van der Waals surface area contributed by atoms with E-state index in [4.69, 9.17) is 11.5 Å². The molecule has 7 heteroatoms. The summed E-state index contributed by atoms with van der Waals surface area (Å²) in [6.07, 6.45) is 17.7. The molecule has 1 aromatic carbocycles. The lowest BCUT2D eigenvalue weighted by molar-refractivity contribution is 0.545. The molecule has 1 aliphatic rings. The van der Waals surface area contributed by atoms with E-state index in [-0.39, 0.29) is 0 Å². The maximum atomic E-state index is 6.40. The molecule has 3 rings (SSSR count). The lowest BCUT2D eigenvalue weighted by Gasteiger charge is -2.10. The second-order valence-corrected chi connectivity index (χ2v) is 9.25. The second kappa shape index (κ2) is 14.3. The van der Waals surface area contributed by atoms with Crippen molar-refractivity contribution in [1.82, 2.24) is 20.2 Å². The fourth-order valence-corrected chi connectivity index (χ4v) is 4.39. The summed E-state index contributed by atoms with van der Waals surface area (Å²) in [5.74, 6) is 1.55. The van der Waals surface area contributed by atoms with E-state index in [1.807, 2.05) is 22.8 Å². The van der Waals surface area contributed by atoms with Crippen molar-refractivity contribution in [1.29, 1.82) is 0 Å². The van der Waals surface area contributed by atoms with E-state index in [0.29, 0.717) is 29.5 Å². The molecule has 0 bridgehead atoms. The summed E-state index contributed by atoms with van der Waals surface area (Å²) in [4.78, 5) is 9.15. The third kappa shape index (κ3) is 8.12. The van der Waals surface area contributed by atoms with E-state index in [9.17, 15) is 0 Å². The third-order valence-electron chi connectivity index (χ3n) is 6.33. The molecule has 0 saturated carbocycles. The first kappa shape index (κ1) is 25.7. The molecular weight excluding hydrogens is 422 g/mol. The van der Waals surface area contributed by atoms with Crippen LogP contribution < -0.4 is 32.8 Å². The summed E-state index contributed by atoms with van der Waals surface area (Å²) in [6.45, 7) is 3.69. The van der Waals surface area contributed by atoms with Gasteiger partial charge >= 0.3 is 0 Å². The maximum absolute atomic E-state index is 6.40. The maximum Gasteiger partial charge on any atom is 0.202 e. The Bertz CT molecular complexity index is 1010. The lowest BCUT2D eigenvalue weighted by Crippen LogP contribution is -2.40. The van der Waals surface area contributed by atoms with Crippen molar-refractivity contribution in [2.24, 2.45) is 16.5 Å². The molecule has 6 N–H and O–H groups in total. The SMILES string of the molecule is CCCCCCCCCCCCCCN=C1NC(N)=c2ncn(Cc3ccccc3)c2=C(N)N1. The molecule has 0 saturated heterocycles. The summed E-state index contributed by atoms with van der Waals surface area (Å²) in [5.41, 5.74) is 13.9. The number of nitrogens with zero attached hydrogens (tertiary/aromatic N) is 3. The Hall–Kier alpha value is -2.96. The quantitative estimate of drug-likeness (QED) is 0.302. The van der Waals surface area contributed by atoms with Crippen LogP contribution in [0.15, 0.2) is 41.7 Å². The van der Waals surface area contributed by atoms with Crippen LogP contribution in [-0.2, 0) is 6.54 Å². The average Bonchev–Trinajstić information content (AvgIpc) is 3.21. The molecule has 0 radical (unpaired) electrons. The zero-order chi connectivity index (χ0) is 24.0. The molecule has 34 heavy (non-hydrogen) atoms. The van der Waals surface area contributed by atoms with Gasteiger partial charge in [0.15, 0.2) is 0 Å². The Balaban J connectivity index is 1.41. The van der Waals surface area contributed by atoms with Gasteiger partial charge in [-0.15, -0.1) is 0 Å². The van der Waals surface area contributed by atoms with Gasteiger partial charge in [-0.05, 0) is 12.0 Å². The summed E-state index contributed by atoms with van der Waals surface area (Å²) in [7, 11) is 0. The van der Waals surface area contributed by atoms with Gasteiger partial charge in [-0.25, -0.2) is 4.98 Å². The highest BCUT2D eigenvalue weighted by Gasteiger charge is 2.13. The van der Waals surface area contributed by atoms with Crippen molar-refractivity contribution in [2.75, 3.05) is 6.54 Å². The van der Waals surface area contributed by atoms with E-state index in [1.54, 1.807) is 6.33 Å². The highest BCUT2D eigenvalue weighted by Crippen LogP contribution is 2.12. The van der Waals surface area contributed by atoms with Crippen LogP contribution in [0.3, 0.4) is 0 Å². The van der Waals surface area contributed by atoms with Gasteiger partial charge in [-0.1, -0.05) is 108 Å². The number of rotatable bonds is 15. The molecule has 0 unspecified atom stereocenters. The first-order chi connectivity index (χ1) is 16.7. The van der Waals surface area contributed by atoms with Crippen LogP contribution in [0.1, 0.15) is 89.5 Å². The molecule has 0 spiro atoms. The molecule has 2 aromatic rings. The van der Waals surface area contributed by atoms with Crippen LogP contribution >= 0.6 is 0 Å². The van der Waals surface area contributed by atoms with Crippen molar-refractivity contribution in [3.05, 3.63) is 52.9 Å². The van der Waals surface area contributed by atoms with E-state index >= 15 is 0 Å². The second-order valence-electron chi connectivity index (χ2n) is 9.25. The first-order valence-corrected chi connectivity index (χ1v) is 13.1. The monoisotopic (exact) mass is 465 g/mol. The van der Waals surface area contributed by atoms with Crippen LogP contribution in [-0.4, -0.2) is 22.1 Å². The zero-order valence-corrected chi connectivity index (χ0v) is 20.9. The summed E-state index contributed by atoms with van der Waals surface area (Å²) in [6, 6.07) is 10.2. The smallest absolute Gasteiger partial charge is 0.202 e. The van der Waals surface area contributed by atoms with Gasteiger partial charge in [0.1, 0.15) is 22.3 Å². The number of hydrogen-bond donors (Lipinski definition) is 4. The van der Waals surface area contributed by atoms with Gasteiger partial charge in [0.05, 0.1) is 6.33 Å². The van der Waals surface area contributed by atoms with Gasteiger partial charge in [0.25, 0.3) is 0 Å². The van der Waals surface area contributed by atoms with Crippen molar-refractivity contribution < 1.29 is 0 Å². The van der Waals surface area contributed by atoms with E-state index in [0.717, 1.165) is 18.3 Å². The molecular formula is C27H43N7. The largest absolute Gasteiger partial charge is 0.383 e. The van der Waals surface area contributed by atoms with Crippen molar-refractivity contribution >= 4 is 17.6 Å². The molecule has 7 nitrogen and oxygen atoms in total. The molecule has 0 aliphatic carbocycles. The molecule has 1 aliphatic heterocycles. The number of imidazole rings is 1. The molecule has 186 valence electrons. The Kier molecular flexibility index (Phi) is 10.8. The zero-order valence-electron chi connectivity index (χ0n) is 20.9. The van der Waals surface area contributed by atoms with Crippen LogP contribution in [0.4, 0.5) is 0 Å². The minimum Gasteiger partial charge on any atom is -0.383 e. The molecule has 0 atom stereocenters. The molecule has 0 fully saturated rings. The number of aliphatic imine (C=N–C) groups is 1. The standard InChI is InChI=1S/C27H43N7/c1-2-3-4-5-6-7-8-9-10-11-12-16-19-30-27-32-25(28)23-24(26(29)33-27)34(21-31-23)20-22-17-14-13-15-18-22/h13-15,17-18,21H,2-12,16,19-20,28-29H2,1H3,(H2,30,32,33). The molecule has 0 amide bonds. The minimum absolute atomic E-state index is 0.461. The van der Waals surface area contributed by atoms with Crippen LogP contribution in [0, 0.1) is 0 Å². The number of unbranched alkanes of at least 4 members (excludes halogenated alkanes) is 11. The van der Waals surface area contributed by atoms with Gasteiger partial charge in [0, 0.05) is 13.1 Å². The highest BCUT2D eigenvalue weighted by molar-refractivity contribution is 5.90. The summed E-state index contributed by atoms with van der Waals surface area (Å²) in [5, 5.41) is 7.77. The van der Waals surface area contributed by atoms with Gasteiger partial charge in [0.2, 0.25) is 5.96 Å². The topological polar surface area (TPSA) is 106 Å². The number of aromatic nitrogens is 2. The van der Waals surface area contributed by atoms with Crippen molar-refractivity contribution in [3.63, 3.8) is 0 Å². The fourth-order valence-electron chi connectivity index (χ4n) is 4.39. The Morgan fingerprint density at radius 2 is 1.38 bits per heavy atom. The predicted octanol–water partition coefficient (Wildman–Crippen LogP) is 3.23. The molecule has 2 heterocycles. The minimum atomic E-state index is 0.461. The van der Waals surface area contributed by atoms with Crippen LogP contribution in [0.2, 0.25) is 0 Å². The lowest BCUT2D eigenvalue weighted by atomic mass is 10.1. The highest BCUT2D eigenvalue weighted by atomic mass is 15.3. The number of nitrogens with one attached hydrogen (secondary N) is 2. The predicted molar refractivity (Wildman–Crippen MR) is 142 cm³/mol.